The van der Waals surface area contributed by atoms with Gasteiger partial charge in [0.05, 0.1) is 5.56 Å². The first-order valence-corrected chi connectivity index (χ1v) is 8.25. The Kier molecular flexibility index (Phi) is 4.76. The zero-order chi connectivity index (χ0) is 16.2. The van der Waals surface area contributed by atoms with E-state index in [9.17, 15) is 9.59 Å². The second-order valence-corrected chi connectivity index (χ2v) is 6.31. The molecule has 1 fully saturated rings. The molecule has 0 bridgehead atoms. The van der Waals surface area contributed by atoms with Gasteiger partial charge < -0.3 is 10.1 Å². The van der Waals surface area contributed by atoms with E-state index in [2.05, 4.69) is 21.2 Å². The van der Waals surface area contributed by atoms with E-state index in [1.807, 2.05) is 24.3 Å². The van der Waals surface area contributed by atoms with Crippen LogP contribution in [0.3, 0.4) is 0 Å². The van der Waals surface area contributed by atoms with E-state index < -0.39 is 12.1 Å². The van der Waals surface area contributed by atoms with E-state index in [1.165, 1.54) is 0 Å². The molecule has 1 aliphatic carbocycles. The van der Waals surface area contributed by atoms with Crippen LogP contribution in [0.25, 0.3) is 0 Å². The third kappa shape index (κ3) is 3.99. The van der Waals surface area contributed by atoms with Crippen molar-refractivity contribution in [2.24, 2.45) is 0 Å². The number of benzene rings is 2. The molecule has 0 spiro atoms. The largest absolute Gasteiger partial charge is 0.444 e. The molecule has 0 radical (unpaired) electrons. The summed E-state index contributed by atoms with van der Waals surface area (Å²) in [6.07, 6.45) is 1.01. The molecule has 1 saturated carbocycles. The van der Waals surface area contributed by atoms with Crippen molar-refractivity contribution in [1.82, 2.24) is 5.32 Å². The summed E-state index contributed by atoms with van der Waals surface area (Å²) in [5.41, 5.74) is 1.05. The molecule has 5 heteroatoms. The number of carbonyl (C=O) groups excluding carboxylic acids is 2. The van der Waals surface area contributed by atoms with Crippen LogP contribution in [0.2, 0.25) is 0 Å². The maximum atomic E-state index is 12.4. The van der Waals surface area contributed by atoms with Crippen LogP contribution in [-0.4, -0.2) is 17.9 Å². The molecule has 1 atom stereocenters. The predicted molar refractivity (Wildman–Crippen MR) is 89.9 cm³/mol. The molecule has 0 aromatic heterocycles. The van der Waals surface area contributed by atoms with Crippen molar-refractivity contribution >= 4 is 27.8 Å². The molecule has 2 aromatic carbocycles. The van der Waals surface area contributed by atoms with Crippen LogP contribution >= 0.6 is 15.9 Å². The molecule has 23 heavy (non-hydrogen) atoms. The van der Waals surface area contributed by atoms with Crippen LogP contribution in [0.15, 0.2) is 59.1 Å². The van der Waals surface area contributed by atoms with Gasteiger partial charge in [0.15, 0.2) is 0 Å². The van der Waals surface area contributed by atoms with Gasteiger partial charge in [0.25, 0.3) is 5.91 Å². The molecule has 2 aromatic rings. The Morgan fingerprint density at radius 3 is 2.35 bits per heavy atom. The number of nitrogens with one attached hydrogen (secondary N) is 1. The van der Waals surface area contributed by atoms with Gasteiger partial charge in [0.2, 0.25) is 6.10 Å². The van der Waals surface area contributed by atoms with Crippen LogP contribution in [-0.2, 0) is 9.53 Å². The predicted octanol–water partition coefficient (Wildman–Crippen LogP) is 3.63. The third-order valence-corrected chi connectivity index (χ3v) is 4.27. The maximum Gasteiger partial charge on any atom is 0.340 e. The molecule has 4 nitrogen and oxygen atoms in total. The summed E-state index contributed by atoms with van der Waals surface area (Å²) in [7, 11) is 0. The summed E-state index contributed by atoms with van der Waals surface area (Å²) in [6.45, 7) is 0. The van der Waals surface area contributed by atoms with Gasteiger partial charge in [-0.1, -0.05) is 42.5 Å². The summed E-state index contributed by atoms with van der Waals surface area (Å²) in [6, 6.07) is 16.3. The van der Waals surface area contributed by atoms with Gasteiger partial charge in [0.1, 0.15) is 0 Å². The van der Waals surface area contributed by atoms with Gasteiger partial charge in [-0.2, -0.15) is 0 Å². The minimum absolute atomic E-state index is 0.205. The fourth-order valence-corrected chi connectivity index (χ4v) is 2.65. The number of ether oxygens (including phenoxy) is 1. The highest BCUT2D eigenvalue weighted by atomic mass is 79.9. The number of esters is 1. The third-order valence-electron chi connectivity index (χ3n) is 3.58. The van der Waals surface area contributed by atoms with Crippen molar-refractivity contribution in [3.05, 3.63) is 70.2 Å². The van der Waals surface area contributed by atoms with Crippen molar-refractivity contribution < 1.29 is 14.3 Å². The number of amides is 1. The number of rotatable bonds is 5. The first-order chi connectivity index (χ1) is 11.1. The van der Waals surface area contributed by atoms with Gasteiger partial charge in [-0.15, -0.1) is 0 Å². The molecule has 0 heterocycles. The summed E-state index contributed by atoms with van der Waals surface area (Å²) >= 11 is 3.33. The Hall–Kier alpha value is -2.14. The van der Waals surface area contributed by atoms with Crippen LogP contribution < -0.4 is 5.32 Å². The molecule has 118 valence electrons. The Labute approximate surface area is 143 Å². The summed E-state index contributed by atoms with van der Waals surface area (Å²) in [5.74, 6) is -0.809. The van der Waals surface area contributed by atoms with Crippen molar-refractivity contribution in [3.63, 3.8) is 0 Å². The Morgan fingerprint density at radius 1 is 1.04 bits per heavy atom. The number of halogens is 1. The van der Waals surface area contributed by atoms with Gasteiger partial charge in [-0.25, -0.2) is 4.79 Å². The number of hydrogen-bond donors (Lipinski definition) is 1. The fourth-order valence-electron chi connectivity index (χ4n) is 2.20. The number of hydrogen-bond acceptors (Lipinski definition) is 3. The van der Waals surface area contributed by atoms with E-state index in [4.69, 9.17) is 4.74 Å². The lowest BCUT2D eigenvalue weighted by atomic mass is 10.1. The second-order valence-electron chi connectivity index (χ2n) is 5.46. The molecule has 1 amide bonds. The van der Waals surface area contributed by atoms with Crippen LogP contribution in [0.4, 0.5) is 0 Å². The number of carbonyl (C=O) groups is 2. The smallest absolute Gasteiger partial charge is 0.340 e. The summed E-state index contributed by atoms with van der Waals surface area (Å²) in [5, 5.41) is 2.90. The maximum absolute atomic E-state index is 12.4. The van der Waals surface area contributed by atoms with Crippen molar-refractivity contribution in [3.8, 4) is 0 Å². The van der Waals surface area contributed by atoms with Crippen LogP contribution in [0, 0.1) is 0 Å². The summed E-state index contributed by atoms with van der Waals surface area (Å²) < 4.78 is 6.15. The average molecular weight is 374 g/mol. The topological polar surface area (TPSA) is 55.4 Å². The van der Waals surface area contributed by atoms with Gasteiger partial charge >= 0.3 is 5.97 Å². The summed E-state index contributed by atoms with van der Waals surface area (Å²) in [4.78, 5) is 24.9. The lowest BCUT2D eigenvalue weighted by Gasteiger charge is -2.18. The highest BCUT2D eigenvalue weighted by molar-refractivity contribution is 9.10. The normalized spacial score (nSPS) is 14.8. The molecule has 1 N–H and O–H groups in total. The van der Waals surface area contributed by atoms with E-state index in [-0.39, 0.29) is 11.9 Å². The van der Waals surface area contributed by atoms with E-state index >= 15 is 0 Å². The van der Waals surface area contributed by atoms with Crippen molar-refractivity contribution in [1.29, 1.82) is 0 Å². The quantitative estimate of drug-likeness (QED) is 0.814. The molecule has 0 saturated heterocycles. The van der Waals surface area contributed by atoms with Gasteiger partial charge in [0, 0.05) is 16.1 Å². The lowest BCUT2D eigenvalue weighted by Crippen LogP contribution is -2.33. The fraction of sp³-hybridized carbons (Fsp3) is 0.222. The zero-order valence-electron chi connectivity index (χ0n) is 12.4. The molecule has 0 aliphatic heterocycles. The van der Waals surface area contributed by atoms with Gasteiger partial charge in [-0.05, 0) is 40.9 Å². The lowest BCUT2D eigenvalue weighted by molar-refractivity contribution is -0.130. The van der Waals surface area contributed by atoms with Crippen LogP contribution in [0.1, 0.15) is 34.9 Å². The minimum Gasteiger partial charge on any atom is -0.444 e. The van der Waals surface area contributed by atoms with E-state index in [0.29, 0.717) is 15.6 Å². The SMILES string of the molecule is O=C(OC(C(=O)NC1CC1)c1ccccc1)c1ccccc1Br. The highest BCUT2D eigenvalue weighted by Crippen LogP contribution is 2.25. The highest BCUT2D eigenvalue weighted by Gasteiger charge is 2.31. The van der Waals surface area contributed by atoms with E-state index in [1.54, 1.807) is 30.3 Å². The Bertz CT molecular complexity index is 713. The standard InChI is InChI=1S/C18H16BrNO3/c19-15-9-5-4-8-14(15)18(22)23-16(12-6-2-1-3-7-12)17(21)20-13-10-11-13/h1-9,13,16H,10-11H2,(H,20,21). The molecular formula is C18H16BrNO3. The first-order valence-electron chi connectivity index (χ1n) is 7.46. The second kappa shape index (κ2) is 6.96. The zero-order valence-corrected chi connectivity index (χ0v) is 14.0. The Balaban J connectivity index is 1.82. The van der Waals surface area contributed by atoms with E-state index in [0.717, 1.165) is 12.8 Å². The molecule has 1 unspecified atom stereocenters. The molecular weight excluding hydrogens is 358 g/mol. The average Bonchev–Trinajstić information content (AvgIpc) is 3.37. The van der Waals surface area contributed by atoms with Crippen LogP contribution in [0.5, 0.6) is 0 Å². The minimum atomic E-state index is -0.948. The monoisotopic (exact) mass is 373 g/mol. The van der Waals surface area contributed by atoms with Crippen molar-refractivity contribution in [2.75, 3.05) is 0 Å². The molecule has 1 aliphatic rings. The molecule has 3 rings (SSSR count). The van der Waals surface area contributed by atoms with Crippen molar-refractivity contribution in [2.45, 2.75) is 25.0 Å². The Morgan fingerprint density at radius 2 is 1.70 bits per heavy atom. The van der Waals surface area contributed by atoms with Gasteiger partial charge in [-0.3, -0.25) is 4.79 Å². The first kappa shape index (κ1) is 15.7.